The molecule has 0 atom stereocenters. The lowest BCUT2D eigenvalue weighted by Crippen LogP contribution is -2.27. The third-order valence-electron chi connectivity index (χ3n) is 4.58. The summed E-state index contributed by atoms with van der Waals surface area (Å²) in [4.78, 5) is 12.7. The first-order valence-electron chi connectivity index (χ1n) is 9.06. The monoisotopic (exact) mass is 446 g/mol. The number of hydrogen-bond donors (Lipinski definition) is 1. The van der Waals surface area contributed by atoms with Gasteiger partial charge in [0, 0.05) is 19.3 Å². The Hall–Kier alpha value is -2.74. The molecule has 0 aliphatic heterocycles. The number of nitrogens with zero attached hydrogens (tertiary/aromatic N) is 1. The largest absolute Gasteiger partial charge is 0.322 e. The van der Waals surface area contributed by atoms with Crippen molar-refractivity contribution >= 4 is 33.2 Å². The van der Waals surface area contributed by atoms with Crippen LogP contribution in [0.15, 0.2) is 71.6 Å². The molecule has 5 nitrogen and oxygen atoms in total. The Morgan fingerprint density at radius 3 is 2.43 bits per heavy atom. The number of amides is 1. The zero-order chi connectivity index (χ0) is 21.9. The fourth-order valence-electron chi connectivity index (χ4n) is 2.90. The van der Waals surface area contributed by atoms with Crippen LogP contribution in [0.3, 0.4) is 0 Å². The molecule has 1 amide bonds. The Morgan fingerprint density at radius 2 is 1.77 bits per heavy atom. The number of sulfonamides is 1. The van der Waals surface area contributed by atoms with Gasteiger partial charge in [-0.15, -0.1) is 0 Å². The van der Waals surface area contributed by atoms with Crippen molar-refractivity contribution in [1.29, 1.82) is 0 Å². The van der Waals surface area contributed by atoms with E-state index in [2.05, 4.69) is 5.32 Å². The molecular weight excluding hydrogens is 427 g/mol. The molecule has 0 bridgehead atoms. The maximum Gasteiger partial charge on any atom is 0.257 e. The van der Waals surface area contributed by atoms with E-state index in [0.29, 0.717) is 11.3 Å². The Bertz CT molecular complexity index is 1180. The van der Waals surface area contributed by atoms with Crippen molar-refractivity contribution in [3.63, 3.8) is 0 Å². The van der Waals surface area contributed by atoms with Crippen LogP contribution in [0.4, 0.5) is 10.1 Å². The van der Waals surface area contributed by atoms with Gasteiger partial charge in [-0.2, -0.15) is 4.31 Å². The van der Waals surface area contributed by atoms with E-state index in [-0.39, 0.29) is 22.0 Å². The number of halogens is 2. The van der Waals surface area contributed by atoms with Crippen LogP contribution in [0, 0.1) is 12.7 Å². The number of rotatable bonds is 6. The van der Waals surface area contributed by atoms with Crippen molar-refractivity contribution in [2.75, 3.05) is 12.4 Å². The molecule has 0 unspecified atom stereocenters. The zero-order valence-electron chi connectivity index (χ0n) is 16.4. The Labute approximate surface area is 180 Å². The molecule has 0 aliphatic carbocycles. The first kappa shape index (κ1) is 22.0. The van der Waals surface area contributed by atoms with Crippen LogP contribution in [0.2, 0.25) is 5.02 Å². The highest BCUT2D eigenvalue weighted by molar-refractivity contribution is 7.89. The molecule has 0 aromatic heterocycles. The number of hydrogen-bond acceptors (Lipinski definition) is 3. The van der Waals surface area contributed by atoms with Crippen LogP contribution >= 0.6 is 11.6 Å². The smallest absolute Gasteiger partial charge is 0.257 e. The van der Waals surface area contributed by atoms with E-state index in [9.17, 15) is 17.6 Å². The van der Waals surface area contributed by atoms with Crippen molar-refractivity contribution in [3.05, 3.63) is 94.3 Å². The lowest BCUT2D eigenvalue weighted by atomic mass is 10.1. The van der Waals surface area contributed by atoms with Gasteiger partial charge in [-0.1, -0.05) is 41.9 Å². The molecule has 8 heteroatoms. The Morgan fingerprint density at radius 1 is 1.07 bits per heavy atom. The summed E-state index contributed by atoms with van der Waals surface area (Å²) in [5.41, 5.74) is 1.79. The molecule has 0 radical (unpaired) electrons. The summed E-state index contributed by atoms with van der Waals surface area (Å²) in [7, 11) is -2.38. The summed E-state index contributed by atoms with van der Waals surface area (Å²) >= 11 is 6.15. The van der Waals surface area contributed by atoms with Gasteiger partial charge in [0.05, 0.1) is 15.5 Å². The van der Waals surface area contributed by atoms with Crippen molar-refractivity contribution in [1.82, 2.24) is 4.31 Å². The standard InChI is InChI=1S/C22H20ClFN2O3S/c1-15-12-17(24)8-11-21(15)25-22(27)19-13-18(9-10-20(19)23)30(28,29)26(2)14-16-6-4-3-5-7-16/h3-13H,14H2,1-2H3,(H,25,27). The number of carbonyl (C=O) groups excluding carboxylic acids is 1. The molecule has 30 heavy (non-hydrogen) atoms. The first-order valence-corrected chi connectivity index (χ1v) is 10.9. The second-order valence-electron chi connectivity index (χ2n) is 6.80. The Balaban J connectivity index is 1.87. The van der Waals surface area contributed by atoms with Crippen LogP contribution in [0.25, 0.3) is 0 Å². The lowest BCUT2D eigenvalue weighted by Gasteiger charge is -2.18. The van der Waals surface area contributed by atoms with Crippen molar-refractivity contribution in [2.45, 2.75) is 18.4 Å². The number of nitrogens with one attached hydrogen (secondary N) is 1. The van der Waals surface area contributed by atoms with E-state index in [1.165, 1.54) is 47.8 Å². The third-order valence-corrected chi connectivity index (χ3v) is 6.70. The summed E-state index contributed by atoms with van der Waals surface area (Å²) in [6.45, 7) is 1.84. The quantitative estimate of drug-likeness (QED) is 0.588. The number of anilines is 1. The third kappa shape index (κ3) is 4.87. The molecular formula is C22H20ClFN2O3S. The maximum atomic E-state index is 13.3. The van der Waals surface area contributed by atoms with Gasteiger partial charge >= 0.3 is 0 Å². The molecule has 0 aliphatic rings. The van der Waals surface area contributed by atoms with Gasteiger partial charge in [0.2, 0.25) is 10.0 Å². The summed E-state index contributed by atoms with van der Waals surface area (Å²) in [5.74, 6) is -1.00. The maximum absolute atomic E-state index is 13.3. The minimum absolute atomic E-state index is 0.00887. The summed E-state index contributed by atoms with van der Waals surface area (Å²) in [5, 5.41) is 2.75. The van der Waals surface area contributed by atoms with Crippen molar-refractivity contribution in [2.24, 2.45) is 0 Å². The topological polar surface area (TPSA) is 66.5 Å². The van der Waals surface area contributed by atoms with Gasteiger partial charge in [-0.25, -0.2) is 12.8 Å². The Kier molecular flexibility index (Phi) is 6.55. The number of benzene rings is 3. The molecule has 0 heterocycles. The van der Waals surface area contributed by atoms with Crippen LogP contribution < -0.4 is 5.32 Å². The van der Waals surface area contributed by atoms with Gasteiger partial charge in [0.15, 0.2) is 0 Å². The van der Waals surface area contributed by atoms with Crippen LogP contribution in [-0.2, 0) is 16.6 Å². The van der Waals surface area contributed by atoms with E-state index >= 15 is 0 Å². The molecule has 0 saturated heterocycles. The average molecular weight is 447 g/mol. The van der Waals surface area contributed by atoms with Crippen LogP contribution in [0.1, 0.15) is 21.5 Å². The number of carbonyl (C=O) groups is 1. The first-order chi connectivity index (χ1) is 14.2. The molecule has 0 spiro atoms. The van der Waals surface area contributed by atoms with Crippen molar-refractivity contribution < 1.29 is 17.6 Å². The predicted octanol–water partition coefficient (Wildman–Crippen LogP) is 4.86. The average Bonchev–Trinajstić information content (AvgIpc) is 2.71. The van der Waals surface area contributed by atoms with Crippen LogP contribution in [-0.4, -0.2) is 25.7 Å². The number of aryl methyl sites for hydroxylation is 1. The van der Waals surface area contributed by atoms with Gasteiger partial charge in [0.1, 0.15) is 5.82 Å². The molecule has 3 aromatic carbocycles. The van der Waals surface area contributed by atoms with Gasteiger partial charge < -0.3 is 5.32 Å². The predicted molar refractivity (Wildman–Crippen MR) is 116 cm³/mol. The highest BCUT2D eigenvalue weighted by Gasteiger charge is 2.23. The van der Waals surface area contributed by atoms with Crippen molar-refractivity contribution in [3.8, 4) is 0 Å². The SMILES string of the molecule is Cc1cc(F)ccc1NC(=O)c1cc(S(=O)(=O)N(C)Cc2ccccc2)ccc1Cl. The van der Waals surface area contributed by atoms with Crippen LogP contribution in [0.5, 0.6) is 0 Å². The summed E-state index contributed by atoms with van der Waals surface area (Å²) < 4.78 is 40.5. The highest BCUT2D eigenvalue weighted by Crippen LogP contribution is 2.25. The summed E-state index contributed by atoms with van der Waals surface area (Å²) in [6.07, 6.45) is 0. The van der Waals surface area contributed by atoms with Gasteiger partial charge in [0.25, 0.3) is 5.91 Å². The van der Waals surface area contributed by atoms with E-state index in [0.717, 1.165) is 5.56 Å². The highest BCUT2D eigenvalue weighted by atomic mass is 35.5. The lowest BCUT2D eigenvalue weighted by molar-refractivity contribution is 0.102. The van der Waals surface area contributed by atoms with E-state index < -0.39 is 21.7 Å². The zero-order valence-corrected chi connectivity index (χ0v) is 18.0. The minimum Gasteiger partial charge on any atom is -0.322 e. The normalized spacial score (nSPS) is 11.5. The fourth-order valence-corrected chi connectivity index (χ4v) is 4.29. The second kappa shape index (κ2) is 8.95. The molecule has 0 saturated carbocycles. The van der Waals surface area contributed by atoms with E-state index in [4.69, 9.17) is 11.6 Å². The fraction of sp³-hybridized carbons (Fsp3) is 0.136. The molecule has 0 fully saturated rings. The van der Waals surface area contributed by atoms with E-state index in [1.807, 2.05) is 30.3 Å². The summed E-state index contributed by atoms with van der Waals surface area (Å²) in [6, 6.07) is 17.1. The van der Waals surface area contributed by atoms with E-state index in [1.54, 1.807) is 6.92 Å². The molecule has 156 valence electrons. The van der Waals surface area contributed by atoms with Gasteiger partial charge in [-0.3, -0.25) is 4.79 Å². The molecule has 3 aromatic rings. The van der Waals surface area contributed by atoms with Gasteiger partial charge in [-0.05, 0) is 54.4 Å². The molecule has 3 rings (SSSR count). The second-order valence-corrected chi connectivity index (χ2v) is 9.25. The minimum atomic E-state index is -3.85. The molecule has 1 N–H and O–H groups in total.